The predicted octanol–water partition coefficient (Wildman–Crippen LogP) is 9.52. The van der Waals surface area contributed by atoms with E-state index in [1.54, 1.807) is 40.2 Å². The van der Waals surface area contributed by atoms with E-state index in [0.29, 0.717) is 80.6 Å². The van der Waals surface area contributed by atoms with Gasteiger partial charge < -0.3 is 39.4 Å². The van der Waals surface area contributed by atoms with Crippen molar-refractivity contribution in [2.45, 2.75) is 134 Å². The minimum Gasteiger partial charge on any atom is -0.464 e. The number of nitrogens with one attached hydrogen (secondary N) is 2. The predicted molar refractivity (Wildman–Crippen MR) is 276 cm³/mol. The molecule has 4 aromatic rings. The van der Waals surface area contributed by atoms with Crippen molar-refractivity contribution in [3.05, 3.63) is 81.6 Å². The Hall–Kier alpha value is -6.47. The lowest BCUT2D eigenvalue weighted by Gasteiger charge is -2.40. The molecule has 6 atom stereocenters. The highest BCUT2D eigenvalue weighted by molar-refractivity contribution is 7.11. The molecule has 3 saturated heterocycles. The lowest BCUT2D eigenvalue weighted by Crippen LogP contribution is -2.56. The highest BCUT2D eigenvalue weighted by atomic mass is 32.1. The number of amides is 4. The first-order valence-electron chi connectivity index (χ1n) is 25.9. The van der Waals surface area contributed by atoms with Gasteiger partial charge in [0.25, 0.3) is 0 Å². The Balaban J connectivity index is 0.862. The van der Waals surface area contributed by atoms with Gasteiger partial charge in [-0.05, 0) is 124 Å². The molecule has 8 heterocycles. The Morgan fingerprint density at radius 1 is 0.838 bits per heavy atom. The van der Waals surface area contributed by atoms with Gasteiger partial charge in [0.15, 0.2) is 5.82 Å². The normalized spacial score (nSPS) is 23.9. The average Bonchev–Trinajstić information content (AvgIpc) is 4.10. The minimum absolute atomic E-state index is 0.0123. The number of halogens is 2. The monoisotopic (exact) mass is 1030 g/mol. The number of aromatic nitrogens is 2. The molecule has 19 heteroatoms. The molecular weight excluding hydrogens is 971 g/mol. The number of allylic oxidation sites excluding steroid dienone is 2. The number of alkyl carbamates (subject to hydrolysis) is 2. The van der Waals surface area contributed by atoms with E-state index in [4.69, 9.17) is 33.9 Å². The summed E-state index contributed by atoms with van der Waals surface area (Å²) in [5.41, 5.74) is 4.63. The second-order valence-corrected chi connectivity index (χ2v) is 22.6. The molecule has 2 N–H and O–H groups in total. The molecule has 16 nitrogen and oxygen atoms in total. The van der Waals surface area contributed by atoms with Crippen LogP contribution in [0.5, 0.6) is 5.75 Å². The number of nitrogens with zero attached hydrogens (tertiary/aromatic N) is 6. The summed E-state index contributed by atoms with van der Waals surface area (Å²) in [5.74, 6) is -1.37. The summed E-state index contributed by atoms with van der Waals surface area (Å²) in [4.78, 5) is 71.9. The van der Waals surface area contributed by atoms with Gasteiger partial charge in [-0.25, -0.2) is 23.4 Å². The molecule has 6 aliphatic heterocycles. The first kappa shape index (κ1) is 49.7. The van der Waals surface area contributed by atoms with E-state index in [1.165, 1.54) is 31.6 Å². The number of hydrogen-bond donors (Lipinski definition) is 2. The maximum atomic E-state index is 17.6. The van der Waals surface area contributed by atoms with Gasteiger partial charge >= 0.3 is 12.2 Å². The highest BCUT2D eigenvalue weighted by Gasteiger charge is 2.45. The van der Waals surface area contributed by atoms with E-state index in [-0.39, 0.29) is 52.7 Å². The van der Waals surface area contributed by atoms with Gasteiger partial charge in [0.2, 0.25) is 18.0 Å². The van der Waals surface area contributed by atoms with Crippen molar-refractivity contribution in [1.29, 1.82) is 0 Å². The Kier molecular flexibility index (Phi) is 13.2. The van der Waals surface area contributed by atoms with Gasteiger partial charge in [0, 0.05) is 73.9 Å². The Bertz CT molecular complexity index is 3080. The number of ether oxygens (including phenoxy) is 4. The average molecular weight is 1030 g/mol. The third-order valence-corrected chi connectivity index (χ3v) is 17.0. The van der Waals surface area contributed by atoms with Crippen molar-refractivity contribution in [1.82, 2.24) is 30.0 Å². The summed E-state index contributed by atoms with van der Waals surface area (Å²) < 4.78 is 58.9. The molecule has 2 aromatic carbocycles. The number of carbonyl (C=O) groups excluding carboxylic acids is 4. The first-order valence-corrected chi connectivity index (χ1v) is 26.7. The van der Waals surface area contributed by atoms with Crippen LogP contribution in [0.15, 0.2) is 58.9 Å². The molecule has 3 unspecified atom stereocenters. The van der Waals surface area contributed by atoms with Gasteiger partial charge in [-0.2, -0.15) is 0 Å². The number of carbonyl (C=O) groups is 4. The number of aliphatic imine (C=N–C) groups is 2. The first-order chi connectivity index (χ1) is 35.6. The van der Waals surface area contributed by atoms with Crippen molar-refractivity contribution < 1.29 is 46.9 Å². The van der Waals surface area contributed by atoms with Gasteiger partial charge in [0.1, 0.15) is 23.7 Å². The molecule has 1 saturated carbocycles. The maximum Gasteiger partial charge on any atom is 0.407 e. The van der Waals surface area contributed by atoms with Crippen LogP contribution in [0.25, 0.3) is 33.3 Å². The third-order valence-electron chi connectivity index (χ3n) is 15.8. The molecule has 4 amide bonds. The largest absolute Gasteiger partial charge is 0.464 e. The van der Waals surface area contributed by atoms with Crippen LogP contribution in [0.1, 0.15) is 125 Å². The summed E-state index contributed by atoms with van der Waals surface area (Å²) in [5, 5.41) is 6.83. The van der Waals surface area contributed by atoms with Crippen LogP contribution in [-0.4, -0.2) is 118 Å². The van der Waals surface area contributed by atoms with Crippen molar-refractivity contribution in [3.63, 3.8) is 0 Å². The zero-order valence-corrected chi connectivity index (χ0v) is 43.4. The summed E-state index contributed by atoms with van der Waals surface area (Å²) >= 11 is 1.53. The van der Waals surface area contributed by atoms with Gasteiger partial charge in [-0.15, -0.1) is 11.3 Å². The van der Waals surface area contributed by atoms with Crippen molar-refractivity contribution >= 4 is 68.8 Å². The molecule has 74 heavy (non-hydrogen) atoms. The van der Waals surface area contributed by atoms with Crippen molar-refractivity contribution in [2.75, 3.05) is 33.9 Å². The van der Waals surface area contributed by atoms with Crippen LogP contribution < -0.4 is 15.4 Å². The molecule has 0 bridgehead atoms. The number of hydrogen-bond acceptors (Lipinski definition) is 12. The van der Waals surface area contributed by atoms with Crippen LogP contribution in [0.2, 0.25) is 0 Å². The van der Waals surface area contributed by atoms with Gasteiger partial charge in [-0.1, -0.05) is 19.9 Å². The summed E-state index contributed by atoms with van der Waals surface area (Å²) in [6.45, 7) is 9.23. The fraction of sp³-hybridized carbons (Fsp3) is 0.509. The third kappa shape index (κ3) is 9.17. The number of fused-ring (bicyclic) bond motifs is 5. The molecule has 390 valence electrons. The number of thiazole rings is 1. The number of benzene rings is 2. The maximum absolute atomic E-state index is 17.6. The fourth-order valence-electron chi connectivity index (χ4n) is 11.9. The van der Waals surface area contributed by atoms with E-state index in [2.05, 4.69) is 10.6 Å². The lowest BCUT2D eigenvalue weighted by atomic mass is 9.82. The van der Waals surface area contributed by atoms with Crippen LogP contribution in [0.4, 0.5) is 18.4 Å². The molecule has 0 radical (unpaired) electrons. The number of likely N-dealkylation sites (tertiary alicyclic amines) is 2. The van der Waals surface area contributed by atoms with Crippen molar-refractivity contribution in [2.24, 2.45) is 21.8 Å². The van der Waals surface area contributed by atoms with E-state index >= 15 is 8.78 Å². The van der Waals surface area contributed by atoms with Crippen LogP contribution >= 0.6 is 11.3 Å². The Morgan fingerprint density at radius 2 is 1.50 bits per heavy atom. The second kappa shape index (κ2) is 19.7. The summed E-state index contributed by atoms with van der Waals surface area (Å²) in [7, 11) is 2.55. The van der Waals surface area contributed by atoms with Crippen LogP contribution in [0, 0.1) is 23.5 Å². The van der Waals surface area contributed by atoms with E-state index in [0.717, 1.165) is 63.7 Å². The number of methoxy groups -OCH3 is 2. The smallest absolute Gasteiger partial charge is 0.407 e. The van der Waals surface area contributed by atoms with E-state index in [1.807, 2.05) is 44.7 Å². The zero-order valence-electron chi connectivity index (χ0n) is 42.5. The summed E-state index contributed by atoms with van der Waals surface area (Å²) in [6, 6.07) is 6.59. The Morgan fingerprint density at radius 3 is 2.15 bits per heavy atom. The van der Waals surface area contributed by atoms with Gasteiger partial charge in [-0.3, -0.25) is 24.1 Å². The zero-order chi connectivity index (χ0) is 51.7. The molecular formula is C55H62F2N8O8S. The standard InChI is InChI=1S/C55H62F2N8O8S/c1-28(2)46(61-53(68)70-5)50(66)63-16-7-9-40(63)38-22-34(26-59-38)32-20-36(56)44-42(23-32)73-52(43-27-60-49(74-43)29-11-12-29)65-39-14-13-30(19-35(39)45(57)48(44)65)33-21-37(58-25-33)41-10-8-17-64(41)51(67)47(62-54(69)71-6)31-15-18-72-55(3,4)24-31/h13-14,19-20,23,25-29,31,40-41,46-47,52H,7-12,15-18,21-22,24H2,1-6H3,(H,61,68)(H,62,69)/t31?,40-,41-,46-,47?,52?/m0/s1. The van der Waals surface area contributed by atoms with Crippen molar-refractivity contribution in [3.8, 4) is 17.0 Å². The molecule has 2 aromatic heterocycles. The molecule has 7 aliphatic rings. The molecule has 1 aliphatic carbocycles. The highest BCUT2D eigenvalue weighted by Crippen LogP contribution is 2.51. The summed E-state index contributed by atoms with van der Waals surface area (Å²) in [6.07, 6.45) is 10.2. The second-order valence-electron chi connectivity index (χ2n) is 21.6. The minimum atomic E-state index is -0.846. The van der Waals surface area contributed by atoms with Crippen LogP contribution in [-0.2, 0) is 23.8 Å². The Labute approximate surface area is 432 Å². The SMILES string of the molecule is COC(=O)NC(C(=O)N1CCC[C@H]1C1=NC=C(c2ccc3c(c2)c(F)c2n3C(c3cnc(C4CC4)s3)Oc3cc(C4=CN=C([C@@H]5CCCN5C(=O)[C@@H](NC(=O)OC)C(C)C)C4)cc(F)c3-2)C1)C1CCOC(C)(C)C1. The molecule has 11 rings (SSSR count). The quantitative estimate of drug-likeness (QED) is 0.140. The van der Waals surface area contributed by atoms with Crippen LogP contribution in [0.3, 0.4) is 0 Å². The lowest BCUT2D eigenvalue weighted by molar-refractivity contribution is -0.138. The number of rotatable bonds is 12. The fourth-order valence-corrected chi connectivity index (χ4v) is 13.0. The molecule has 0 spiro atoms. The molecule has 4 fully saturated rings. The van der Waals surface area contributed by atoms with Gasteiger partial charge in [0.05, 0.1) is 58.6 Å². The van der Waals surface area contributed by atoms with E-state index < -0.39 is 47.7 Å². The van der Waals surface area contributed by atoms with E-state index in [9.17, 15) is 19.2 Å². The topological polar surface area (TPSA) is 178 Å².